The molecule has 0 fully saturated rings. The Morgan fingerprint density at radius 2 is 0.321 bits per heavy atom. The van der Waals surface area contributed by atoms with E-state index in [9.17, 15) is 0 Å². The molecule has 2 nitrogen and oxygen atoms in total. The maximum atomic E-state index is 2.35. The van der Waals surface area contributed by atoms with Crippen molar-refractivity contribution < 1.29 is 0 Å². The van der Waals surface area contributed by atoms with Crippen molar-refractivity contribution in [1.82, 2.24) is 0 Å². The second kappa shape index (κ2) is 24.8. The minimum absolute atomic E-state index is 1.07. The van der Waals surface area contributed by atoms with Crippen molar-refractivity contribution in [2.45, 2.75) is 0 Å². The highest BCUT2D eigenvalue weighted by atomic mass is 15.1. The predicted octanol–water partition coefficient (Wildman–Crippen LogP) is 22.9. The monoisotopic (exact) mass is 1070 g/mol. The minimum atomic E-state index is 1.07. The topological polar surface area (TPSA) is 6.48 Å². The van der Waals surface area contributed by atoms with Crippen LogP contribution < -0.4 is 9.80 Å². The molecule has 0 aliphatic carbocycles. The lowest BCUT2D eigenvalue weighted by Crippen LogP contribution is -2.10. The lowest BCUT2D eigenvalue weighted by molar-refractivity contribution is 1.28. The Kier molecular flexibility index (Phi) is 15.4. The zero-order valence-corrected chi connectivity index (χ0v) is 46.5. The quantitative estimate of drug-likeness (QED) is 0.0703. The molecule has 13 aromatic rings. The minimum Gasteiger partial charge on any atom is -0.311 e. The van der Waals surface area contributed by atoms with Gasteiger partial charge in [-0.15, -0.1) is 0 Å². The number of hydrogen-bond acceptors (Lipinski definition) is 2. The molecule has 0 heterocycles. The fourth-order valence-electron chi connectivity index (χ4n) is 11.2. The van der Waals surface area contributed by atoms with Crippen LogP contribution in [0.15, 0.2) is 315 Å². The van der Waals surface area contributed by atoms with E-state index in [-0.39, 0.29) is 0 Å². The average molecular weight is 1070 g/mol. The van der Waals surface area contributed by atoms with E-state index < -0.39 is 0 Å². The highest BCUT2D eigenvalue weighted by molar-refractivity contribution is 6.21. The molecule has 0 saturated carbocycles. The molecule has 13 aromatic carbocycles. The summed E-state index contributed by atoms with van der Waals surface area (Å²) in [5.41, 5.74) is 20.5. The average Bonchev–Trinajstić information content (AvgIpc) is 3.48. The molecule has 0 spiro atoms. The van der Waals surface area contributed by atoms with E-state index in [0.717, 1.165) is 67.5 Å². The van der Waals surface area contributed by atoms with E-state index in [4.69, 9.17) is 0 Å². The Morgan fingerprint density at radius 1 is 0.155 bits per heavy atom. The first-order valence-corrected chi connectivity index (χ1v) is 28.7. The molecule has 0 aliphatic heterocycles. The number of nitrogens with zero attached hydrogens (tertiary/aromatic N) is 2. The number of fused-ring (bicyclic) bond motifs is 2. The second-order valence-corrected chi connectivity index (χ2v) is 20.9. The van der Waals surface area contributed by atoms with Gasteiger partial charge in [-0.3, -0.25) is 0 Å². The largest absolute Gasteiger partial charge is 0.311 e. The molecule has 2 heteroatoms. The molecule has 0 aromatic heterocycles. The first-order valence-electron chi connectivity index (χ1n) is 28.7. The number of anilines is 6. The van der Waals surface area contributed by atoms with Gasteiger partial charge in [0.25, 0.3) is 0 Å². The van der Waals surface area contributed by atoms with E-state index in [2.05, 4.69) is 374 Å². The Hall–Kier alpha value is -11.1. The summed E-state index contributed by atoms with van der Waals surface area (Å²) in [5, 5.41) is 4.84. The van der Waals surface area contributed by atoms with Gasteiger partial charge in [-0.1, -0.05) is 291 Å². The van der Waals surface area contributed by atoms with Gasteiger partial charge >= 0.3 is 0 Å². The summed E-state index contributed by atoms with van der Waals surface area (Å²) in [6, 6.07) is 113. The van der Waals surface area contributed by atoms with Crippen LogP contribution in [-0.4, -0.2) is 0 Å². The maximum Gasteiger partial charge on any atom is 0.0462 e. The third-order valence-corrected chi connectivity index (χ3v) is 15.4. The molecule has 0 atom stereocenters. The van der Waals surface area contributed by atoms with Gasteiger partial charge in [0, 0.05) is 34.1 Å². The molecule has 0 radical (unpaired) electrons. The summed E-state index contributed by atoms with van der Waals surface area (Å²) in [6.45, 7) is 0. The van der Waals surface area contributed by atoms with Gasteiger partial charge in [-0.2, -0.15) is 0 Å². The molecule has 84 heavy (non-hydrogen) atoms. The van der Waals surface area contributed by atoms with E-state index in [1.807, 2.05) is 0 Å². The SMILES string of the molecule is C(=Cc1ccc(N(c2ccc(C=Cc3ccccc3)cc2)c2ccc(-c3c4ccccc4c(-c4ccc(N(c5ccc(C=Cc6ccccc6)cc5)c5ccc(C=Cc6ccccc6)cc5)cc4)c4ccccc34)cc2)cc1)c1ccccc1. The first kappa shape index (κ1) is 52.3. The van der Waals surface area contributed by atoms with Gasteiger partial charge in [0.15, 0.2) is 0 Å². The highest BCUT2D eigenvalue weighted by Crippen LogP contribution is 2.46. The number of hydrogen-bond donors (Lipinski definition) is 0. The lowest BCUT2D eigenvalue weighted by atomic mass is 9.86. The molecule has 0 unspecified atom stereocenters. The third kappa shape index (κ3) is 11.9. The van der Waals surface area contributed by atoms with E-state index in [0.29, 0.717) is 0 Å². The first-order chi connectivity index (χ1) is 41.6. The van der Waals surface area contributed by atoms with Crippen LogP contribution in [0.25, 0.3) is 92.4 Å². The summed E-state index contributed by atoms with van der Waals surface area (Å²) < 4.78 is 0. The Labute approximate surface area is 493 Å². The van der Waals surface area contributed by atoms with Crippen molar-refractivity contribution >= 4 is 104 Å². The molecule has 0 saturated heterocycles. The van der Waals surface area contributed by atoms with Crippen LogP contribution in [0.1, 0.15) is 44.5 Å². The second-order valence-electron chi connectivity index (χ2n) is 20.9. The Morgan fingerprint density at radius 3 is 0.524 bits per heavy atom. The van der Waals surface area contributed by atoms with Crippen LogP contribution in [0.5, 0.6) is 0 Å². The smallest absolute Gasteiger partial charge is 0.0462 e. The van der Waals surface area contributed by atoms with Gasteiger partial charge < -0.3 is 9.80 Å². The summed E-state index contributed by atoms with van der Waals surface area (Å²) >= 11 is 0. The van der Waals surface area contributed by atoms with Crippen molar-refractivity contribution in [2.24, 2.45) is 0 Å². The van der Waals surface area contributed by atoms with Gasteiger partial charge in [-0.25, -0.2) is 0 Å². The standard InChI is InChI=1S/C82H60N2/c1-5-17-61(18-6-1)29-33-65-37-49-71(50-38-65)83(72-51-39-66(40-52-72)34-30-62-19-7-2-8-20-62)75-57-45-69(46-58-75)81-77-25-13-15-27-79(77)82(80-28-16-14-26-78(80)81)70-47-59-76(60-48-70)84(73-53-41-67(42-54-73)35-31-63-21-9-3-10-22-63)74-55-43-68(44-56-74)36-32-64-23-11-4-12-24-64/h1-60H. The van der Waals surface area contributed by atoms with Crippen molar-refractivity contribution in [3.8, 4) is 22.3 Å². The predicted molar refractivity (Wildman–Crippen MR) is 363 cm³/mol. The van der Waals surface area contributed by atoms with Crippen molar-refractivity contribution in [3.05, 3.63) is 360 Å². The molecule has 0 N–H and O–H groups in total. The van der Waals surface area contributed by atoms with Gasteiger partial charge in [-0.05, 0) is 161 Å². The van der Waals surface area contributed by atoms with Gasteiger partial charge in [0.05, 0.1) is 0 Å². The molecular formula is C82H60N2. The zero-order chi connectivity index (χ0) is 56.3. The molecule has 0 amide bonds. The number of rotatable bonds is 16. The molecule has 0 aliphatic rings. The summed E-state index contributed by atoms with van der Waals surface area (Å²) in [7, 11) is 0. The Balaban J connectivity index is 0.842. The van der Waals surface area contributed by atoms with E-state index >= 15 is 0 Å². The maximum absolute atomic E-state index is 2.35. The highest BCUT2D eigenvalue weighted by Gasteiger charge is 2.20. The molecule has 0 bridgehead atoms. The van der Waals surface area contributed by atoms with Crippen LogP contribution in [0, 0.1) is 0 Å². The fraction of sp³-hybridized carbons (Fsp3) is 0. The van der Waals surface area contributed by atoms with Gasteiger partial charge in [0.2, 0.25) is 0 Å². The van der Waals surface area contributed by atoms with Crippen LogP contribution in [0.2, 0.25) is 0 Å². The third-order valence-electron chi connectivity index (χ3n) is 15.4. The molecule has 13 rings (SSSR count). The fourth-order valence-corrected chi connectivity index (χ4v) is 11.2. The number of benzene rings is 13. The zero-order valence-electron chi connectivity index (χ0n) is 46.5. The summed E-state index contributed by atoms with van der Waals surface area (Å²) in [5.74, 6) is 0. The Bertz CT molecular complexity index is 3900. The van der Waals surface area contributed by atoms with Crippen LogP contribution >= 0.6 is 0 Å². The molecule has 398 valence electrons. The van der Waals surface area contributed by atoms with E-state index in [1.165, 1.54) is 54.9 Å². The van der Waals surface area contributed by atoms with Crippen LogP contribution in [0.4, 0.5) is 34.1 Å². The van der Waals surface area contributed by atoms with E-state index in [1.54, 1.807) is 0 Å². The lowest BCUT2D eigenvalue weighted by Gasteiger charge is -2.26. The van der Waals surface area contributed by atoms with Gasteiger partial charge in [0.1, 0.15) is 0 Å². The van der Waals surface area contributed by atoms with Crippen molar-refractivity contribution in [3.63, 3.8) is 0 Å². The molecular weight excluding hydrogens is 1010 g/mol. The van der Waals surface area contributed by atoms with Crippen molar-refractivity contribution in [1.29, 1.82) is 0 Å². The normalized spacial score (nSPS) is 11.6. The van der Waals surface area contributed by atoms with Crippen LogP contribution in [0.3, 0.4) is 0 Å². The van der Waals surface area contributed by atoms with Crippen molar-refractivity contribution in [2.75, 3.05) is 9.80 Å². The summed E-state index contributed by atoms with van der Waals surface area (Å²) in [6.07, 6.45) is 17.4. The van der Waals surface area contributed by atoms with Crippen LogP contribution in [-0.2, 0) is 0 Å². The summed E-state index contributed by atoms with van der Waals surface area (Å²) in [4.78, 5) is 4.70.